The average Bonchev–Trinajstić information content (AvgIpc) is 2.51. The monoisotopic (exact) mass is 199 g/mol. The van der Waals surface area contributed by atoms with Crippen molar-refractivity contribution in [1.82, 2.24) is 4.90 Å². The molecule has 0 atom stereocenters. The molecule has 0 saturated carbocycles. The Bertz CT molecular complexity index is 225. The highest BCUT2D eigenvalue weighted by molar-refractivity contribution is 5.87. The van der Waals surface area contributed by atoms with Gasteiger partial charge < -0.3 is 9.64 Å². The van der Waals surface area contributed by atoms with E-state index in [1.165, 1.54) is 4.90 Å². The van der Waals surface area contributed by atoms with Gasteiger partial charge in [0.15, 0.2) is 5.78 Å². The van der Waals surface area contributed by atoms with Crippen molar-refractivity contribution in [2.75, 3.05) is 19.7 Å². The van der Waals surface area contributed by atoms with Crippen LogP contribution in [0, 0.1) is 5.92 Å². The van der Waals surface area contributed by atoms with Crippen molar-refractivity contribution >= 4 is 11.9 Å². The molecule has 1 aliphatic heterocycles. The molecular weight excluding hydrogens is 182 g/mol. The highest BCUT2D eigenvalue weighted by atomic mass is 16.6. The Morgan fingerprint density at radius 2 is 2.29 bits per heavy atom. The van der Waals surface area contributed by atoms with E-state index < -0.39 is 0 Å². The third-order valence-electron chi connectivity index (χ3n) is 2.21. The standard InChI is InChI=1S/C10H17NO3/c1-8(2)4-6-14-10(13)11-5-3-9(12)7-11/h8H,3-7H2,1-2H3. The molecule has 1 rings (SSSR count). The highest BCUT2D eigenvalue weighted by Gasteiger charge is 2.24. The molecule has 1 fully saturated rings. The Labute approximate surface area is 84.2 Å². The van der Waals surface area contributed by atoms with Gasteiger partial charge in [-0.05, 0) is 12.3 Å². The zero-order valence-electron chi connectivity index (χ0n) is 8.78. The Hall–Kier alpha value is -1.06. The predicted molar refractivity (Wildman–Crippen MR) is 52.0 cm³/mol. The van der Waals surface area contributed by atoms with E-state index in [0.717, 1.165) is 6.42 Å². The van der Waals surface area contributed by atoms with Crippen molar-refractivity contribution < 1.29 is 14.3 Å². The molecule has 0 bridgehead atoms. The molecule has 4 heteroatoms. The van der Waals surface area contributed by atoms with Crippen LogP contribution in [0.2, 0.25) is 0 Å². The van der Waals surface area contributed by atoms with Crippen molar-refractivity contribution in [2.24, 2.45) is 5.92 Å². The smallest absolute Gasteiger partial charge is 0.410 e. The van der Waals surface area contributed by atoms with E-state index >= 15 is 0 Å². The molecule has 0 aromatic heterocycles. The second kappa shape index (κ2) is 4.98. The normalized spacial score (nSPS) is 16.5. The maximum Gasteiger partial charge on any atom is 0.410 e. The topological polar surface area (TPSA) is 46.6 Å². The Morgan fingerprint density at radius 3 is 2.79 bits per heavy atom. The SMILES string of the molecule is CC(C)CCOC(=O)N1CCC(=O)C1. The van der Waals surface area contributed by atoms with Crippen molar-refractivity contribution in [3.05, 3.63) is 0 Å². The summed E-state index contributed by atoms with van der Waals surface area (Å²) in [6, 6.07) is 0. The minimum absolute atomic E-state index is 0.116. The summed E-state index contributed by atoms with van der Waals surface area (Å²) in [4.78, 5) is 23.7. The van der Waals surface area contributed by atoms with E-state index in [-0.39, 0.29) is 18.4 Å². The zero-order chi connectivity index (χ0) is 10.6. The van der Waals surface area contributed by atoms with Crippen LogP contribution in [0.3, 0.4) is 0 Å². The zero-order valence-corrected chi connectivity index (χ0v) is 8.78. The molecule has 1 aliphatic rings. The third-order valence-corrected chi connectivity index (χ3v) is 2.21. The lowest BCUT2D eigenvalue weighted by molar-refractivity contribution is -0.116. The summed E-state index contributed by atoms with van der Waals surface area (Å²) in [5.41, 5.74) is 0. The van der Waals surface area contributed by atoms with Crippen molar-refractivity contribution in [1.29, 1.82) is 0 Å². The fourth-order valence-corrected chi connectivity index (χ4v) is 1.26. The van der Waals surface area contributed by atoms with Gasteiger partial charge in [0.25, 0.3) is 0 Å². The van der Waals surface area contributed by atoms with Gasteiger partial charge in [0.05, 0.1) is 13.2 Å². The van der Waals surface area contributed by atoms with E-state index in [0.29, 0.717) is 25.5 Å². The van der Waals surface area contributed by atoms with Gasteiger partial charge in [0.2, 0.25) is 0 Å². The lowest BCUT2D eigenvalue weighted by Crippen LogP contribution is -2.29. The summed E-state index contributed by atoms with van der Waals surface area (Å²) in [5.74, 6) is 0.647. The lowest BCUT2D eigenvalue weighted by atomic mass is 10.1. The highest BCUT2D eigenvalue weighted by Crippen LogP contribution is 2.07. The van der Waals surface area contributed by atoms with Gasteiger partial charge in [-0.2, -0.15) is 0 Å². The second-order valence-corrected chi connectivity index (χ2v) is 4.01. The molecule has 0 aromatic rings. The van der Waals surface area contributed by atoms with Crippen molar-refractivity contribution in [3.8, 4) is 0 Å². The van der Waals surface area contributed by atoms with E-state index in [4.69, 9.17) is 4.74 Å². The van der Waals surface area contributed by atoms with Gasteiger partial charge in [-0.25, -0.2) is 4.79 Å². The van der Waals surface area contributed by atoms with Crippen LogP contribution in [-0.2, 0) is 9.53 Å². The number of amides is 1. The van der Waals surface area contributed by atoms with Crippen molar-refractivity contribution in [2.45, 2.75) is 26.7 Å². The summed E-state index contributed by atoms with van der Waals surface area (Å²) in [6.07, 6.45) is 0.990. The minimum atomic E-state index is -0.350. The van der Waals surface area contributed by atoms with E-state index in [1.54, 1.807) is 0 Å². The molecule has 0 unspecified atom stereocenters. The predicted octanol–water partition coefficient (Wildman–Crippen LogP) is 1.44. The summed E-state index contributed by atoms with van der Waals surface area (Å²) in [6.45, 7) is 5.33. The Morgan fingerprint density at radius 1 is 1.57 bits per heavy atom. The van der Waals surface area contributed by atoms with E-state index in [2.05, 4.69) is 13.8 Å². The second-order valence-electron chi connectivity index (χ2n) is 4.01. The minimum Gasteiger partial charge on any atom is -0.449 e. The number of Topliss-reactive ketones (excluding diaryl/α,β-unsaturated/α-hetero) is 1. The average molecular weight is 199 g/mol. The molecule has 80 valence electrons. The van der Waals surface area contributed by atoms with Crippen molar-refractivity contribution in [3.63, 3.8) is 0 Å². The molecular formula is C10H17NO3. The first-order valence-electron chi connectivity index (χ1n) is 5.03. The van der Waals surface area contributed by atoms with E-state index in [9.17, 15) is 9.59 Å². The molecule has 0 aromatic carbocycles. The fourth-order valence-electron chi connectivity index (χ4n) is 1.26. The molecule has 1 saturated heterocycles. The number of ether oxygens (including phenoxy) is 1. The van der Waals surface area contributed by atoms with Gasteiger partial charge in [0, 0.05) is 13.0 Å². The first-order chi connectivity index (χ1) is 6.59. The number of hydrogen-bond donors (Lipinski definition) is 0. The third kappa shape index (κ3) is 3.36. The maximum atomic E-state index is 11.3. The van der Waals surface area contributed by atoms with Crippen LogP contribution in [0.1, 0.15) is 26.7 Å². The van der Waals surface area contributed by atoms with Gasteiger partial charge in [0.1, 0.15) is 0 Å². The van der Waals surface area contributed by atoms with Gasteiger partial charge in [-0.15, -0.1) is 0 Å². The number of rotatable bonds is 3. The largest absolute Gasteiger partial charge is 0.449 e. The maximum absolute atomic E-state index is 11.3. The molecule has 0 N–H and O–H groups in total. The van der Waals surface area contributed by atoms with Crippen LogP contribution >= 0.6 is 0 Å². The summed E-state index contributed by atoms with van der Waals surface area (Å²) >= 11 is 0. The molecule has 1 amide bonds. The molecule has 4 nitrogen and oxygen atoms in total. The fraction of sp³-hybridized carbons (Fsp3) is 0.800. The quantitative estimate of drug-likeness (QED) is 0.691. The first-order valence-corrected chi connectivity index (χ1v) is 5.03. The molecule has 0 radical (unpaired) electrons. The number of hydrogen-bond acceptors (Lipinski definition) is 3. The Kier molecular flexibility index (Phi) is 3.92. The van der Waals surface area contributed by atoms with E-state index in [1.807, 2.05) is 0 Å². The summed E-state index contributed by atoms with van der Waals surface area (Å²) in [5, 5.41) is 0. The summed E-state index contributed by atoms with van der Waals surface area (Å²) < 4.78 is 5.02. The lowest BCUT2D eigenvalue weighted by Gasteiger charge is -2.14. The molecule has 0 spiro atoms. The van der Waals surface area contributed by atoms with Gasteiger partial charge in [-0.1, -0.05) is 13.8 Å². The number of nitrogens with zero attached hydrogens (tertiary/aromatic N) is 1. The summed E-state index contributed by atoms with van der Waals surface area (Å²) in [7, 11) is 0. The van der Waals surface area contributed by atoms with Crippen LogP contribution in [0.5, 0.6) is 0 Å². The van der Waals surface area contributed by atoms with Crippen LogP contribution < -0.4 is 0 Å². The molecule has 1 heterocycles. The van der Waals surface area contributed by atoms with Crippen LogP contribution in [0.25, 0.3) is 0 Å². The van der Waals surface area contributed by atoms with Crippen LogP contribution in [0.4, 0.5) is 4.79 Å². The first kappa shape index (κ1) is 11.0. The number of carbonyl (C=O) groups is 2. The van der Waals surface area contributed by atoms with Gasteiger partial charge in [-0.3, -0.25) is 4.79 Å². The van der Waals surface area contributed by atoms with Gasteiger partial charge >= 0.3 is 6.09 Å². The molecule has 0 aliphatic carbocycles. The Balaban J connectivity index is 2.18. The molecule has 14 heavy (non-hydrogen) atoms. The van der Waals surface area contributed by atoms with Crippen LogP contribution in [0.15, 0.2) is 0 Å². The number of ketones is 1. The number of likely N-dealkylation sites (tertiary alicyclic amines) is 1. The van der Waals surface area contributed by atoms with Crippen LogP contribution in [-0.4, -0.2) is 36.5 Å². The number of carbonyl (C=O) groups excluding carboxylic acids is 2.